The van der Waals surface area contributed by atoms with E-state index in [0.717, 1.165) is 44.8 Å². The van der Waals surface area contributed by atoms with Crippen LogP contribution in [0.15, 0.2) is 207 Å². The monoisotopic (exact) mass is 714 g/mol. The van der Waals surface area contributed by atoms with Gasteiger partial charge in [-0.15, -0.1) is 0 Å². The third-order valence-electron chi connectivity index (χ3n) is 11.0. The van der Waals surface area contributed by atoms with Crippen molar-refractivity contribution in [3.8, 4) is 56.1 Å². The fourth-order valence-corrected chi connectivity index (χ4v) is 8.38. The van der Waals surface area contributed by atoms with Crippen molar-refractivity contribution in [2.75, 3.05) is 0 Å². The predicted octanol–water partition coefficient (Wildman–Crippen LogP) is 13.3. The third-order valence-corrected chi connectivity index (χ3v) is 11.0. The van der Waals surface area contributed by atoms with Gasteiger partial charge in [-0.1, -0.05) is 115 Å². The van der Waals surface area contributed by atoms with Crippen LogP contribution in [0.3, 0.4) is 0 Å². The van der Waals surface area contributed by atoms with Crippen molar-refractivity contribution in [1.82, 2.24) is 19.1 Å². The van der Waals surface area contributed by atoms with Crippen LogP contribution in [0.25, 0.3) is 99.8 Å². The summed E-state index contributed by atoms with van der Waals surface area (Å²) in [5, 5.41) is 4.94. The normalized spacial score (nSPS) is 11.6. The Morgan fingerprint density at radius 3 is 1.46 bits per heavy atom. The zero-order valence-corrected chi connectivity index (χ0v) is 30.4. The molecular weight excluding hydrogens is 681 g/mol. The number of hydrogen-bond donors (Lipinski definition) is 0. The van der Waals surface area contributed by atoms with Gasteiger partial charge in [-0.05, 0) is 95.6 Å². The highest BCUT2D eigenvalue weighted by molar-refractivity contribution is 6.12. The fourth-order valence-electron chi connectivity index (χ4n) is 8.38. The highest BCUT2D eigenvalue weighted by atomic mass is 15.0. The summed E-state index contributed by atoms with van der Waals surface area (Å²) in [5.74, 6) is 0. The van der Waals surface area contributed by atoms with Crippen molar-refractivity contribution in [3.05, 3.63) is 207 Å². The molecule has 0 aliphatic rings. The molecule has 0 amide bonds. The van der Waals surface area contributed by atoms with Crippen molar-refractivity contribution in [2.24, 2.45) is 0 Å². The molecular formula is C52H34N4. The minimum Gasteiger partial charge on any atom is -0.309 e. The maximum atomic E-state index is 5.22. The molecule has 11 rings (SSSR count). The summed E-state index contributed by atoms with van der Waals surface area (Å²) in [5.41, 5.74) is 15.5. The first kappa shape index (κ1) is 31.9. The van der Waals surface area contributed by atoms with Gasteiger partial charge in [0.05, 0.1) is 33.5 Å². The van der Waals surface area contributed by atoms with Gasteiger partial charge in [0.25, 0.3) is 0 Å². The van der Waals surface area contributed by atoms with Gasteiger partial charge in [0, 0.05) is 62.0 Å². The molecule has 0 aliphatic heterocycles. The molecule has 4 heterocycles. The summed E-state index contributed by atoms with van der Waals surface area (Å²) < 4.78 is 4.75. The molecule has 0 aliphatic carbocycles. The van der Waals surface area contributed by atoms with Crippen LogP contribution in [0.5, 0.6) is 0 Å². The summed E-state index contributed by atoms with van der Waals surface area (Å²) in [4.78, 5) is 9.63. The molecule has 0 fully saturated rings. The summed E-state index contributed by atoms with van der Waals surface area (Å²) in [6.45, 7) is 0. The lowest BCUT2D eigenvalue weighted by molar-refractivity contribution is 1.18. The van der Waals surface area contributed by atoms with E-state index in [9.17, 15) is 0 Å². The largest absolute Gasteiger partial charge is 0.309 e. The number of nitrogens with zero attached hydrogens (tertiary/aromatic N) is 4. The Kier molecular flexibility index (Phi) is 7.46. The highest BCUT2D eigenvalue weighted by Gasteiger charge is 2.17. The topological polar surface area (TPSA) is 35.6 Å². The molecule has 0 radical (unpaired) electrons. The molecule has 7 aromatic carbocycles. The number of aromatic nitrogens is 4. The second-order valence-corrected chi connectivity index (χ2v) is 14.3. The van der Waals surface area contributed by atoms with Gasteiger partial charge in [0.1, 0.15) is 0 Å². The van der Waals surface area contributed by atoms with Crippen molar-refractivity contribution in [1.29, 1.82) is 0 Å². The third kappa shape index (κ3) is 5.31. The van der Waals surface area contributed by atoms with Crippen LogP contribution in [0.2, 0.25) is 0 Å². The molecule has 0 N–H and O–H groups in total. The zero-order valence-electron chi connectivity index (χ0n) is 30.4. The smallest absolute Gasteiger partial charge is 0.0716 e. The van der Waals surface area contributed by atoms with Gasteiger partial charge in [0.2, 0.25) is 0 Å². The van der Waals surface area contributed by atoms with Crippen LogP contribution in [-0.2, 0) is 0 Å². The lowest BCUT2D eigenvalue weighted by Gasteiger charge is -2.13. The van der Waals surface area contributed by atoms with E-state index in [1.807, 2.05) is 24.5 Å². The maximum Gasteiger partial charge on any atom is 0.0716 e. The minimum absolute atomic E-state index is 0.916. The Hall–Kier alpha value is -7.56. The first-order chi connectivity index (χ1) is 27.8. The van der Waals surface area contributed by atoms with Gasteiger partial charge in [-0.2, -0.15) is 0 Å². The molecule has 4 heteroatoms. The van der Waals surface area contributed by atoms with E-state index in [0.29, 0.717) is 0 Å². The summed E-state index contributed by atoms with van der Waals surface area (Å²) >= 11 is 0. The van der Waals surface area contributed by atoms with Gasteiger partial charge >= 0.3 is 0 Å². The van der Waals surface area contributed by atoms with Crippen LogP contribution in [0.4, 0.5) is 0 Å². The second-order valence-electron chi connectivity index (χ2n) is 14.3. The molecule has 4 aromatic heterocycles. The van der Waals surface area contributed by atoms with Crippen LogP contribution < -0.4 is 0 Å². The Morgan fingerprint density at radius 1 is 0.304 bits per heavy atom. The van der Waals surface area contributed by atoms with Gasteiger partial charge in [-0.3, -0.25) is 4.98 Å². The lowest BCUT2D eigenvalue weighted by atomic mass is 10.0. The van der Waals surface area contributed by atoms with E-state index >= 15 is 0 Å². The van der Waals surface area contributed by atoms with E-state index in [4.69, 9.17) is 4.98 Å². The zero-order chi connectivity index (χ0) is 37.0. The molecule has 0 saturated heterocycles. The van der Waals surface area contributed by atoms with Crippen LogP contribution in [0.1, 0.15) is 0 Å². The lowest BCUT2D eigenvalue weighted by Crippen LogP contribution is -1.96. The first-order valence-corrected chi connectivity index (χ1v) is 19.0. The molecule has 0 unspecified atom stereocenters. The predicted molar refractivity (Wildman–Crippen MR) is 232 cm³/mol. The molecule has 4 nitrogen and oxygen atoms in total. The number of hydrogen-bond acceptors (Lipinski definition) is 2. The van der Waals surface area contributed by atoms with E-state index < -0.39 is 0 Å². The van der Waals surface area contributed by atoms with Crippen molar-refractivity contribution >= 4 is 43.6 Å². The van der Waals surface area contributed by atoms with Crippen LogP contribution in [-0.4, -0.2) is 19.1 Å². The van der Waals surface area contributed by atoms with E-state index in [1.165, 1.54) is 54.9 Å². The Labute approximate surface area is 324 Å². The first-order valence-electron chi connectivity index (χ1n) is 19.0. The Bertz CT molecular complexity index is 3170. The fraction of sp³-hybridized carbons (Fsp3) is 0. The maximum absolute atomic E-state index is 5.22. The minimum atomic E-state index is 0.916. The van der Waals surface area contributed by atoms with Crippen molar-refractivity contribution in [2.45, 2.75) is 0 Å². The Morgan fingerprint density at radius 2 is 0.821 bits per heavy atom. The standard InChI is InChI=1S/C52H34N4/c1-3-13-35(14-4-1)47-32-40(39-16-12-28-53-34-39)33-48(54-47)38-15-11-19-42(29-38)56-50-23-10-8-21-44(50)46-31-37(25-27-52(46)56)36-24-26-51-45(30-36)43-20-7-9-22-49(43)55(51)41-17-5-2-6-18-41/h1-34H. The van der Waals surface area contributed by atoms with Gasteiger partial charge < -0.3 is 9.13 Å². The van der Waals surface area contributed by atoms with Gasteiger partial charge in [-0.25, -0.2) is 4.98 Å². The van der Waals surface area contributed by atoms with Gasteiger partial charge in [0.15, 0.2) is 0 Å². The number of rotatable bonds is 6. The van der Waals surface area contributed by atoms with E-state index in [2.05, 4.69) is 196 Å². The average Bonchev–Trinajstić information content (AvgIpc) is 3.79. The van der Waals surface area contributed by atoms with Crippen LogP contribution >= 0.6 is 0 Å². The molecule has 262 valence electrons. The molecule has 0 atom stereocenters. The Balaban J connectivity index is 1.05. The van der Waals surface area contributed by atoms with Crippen molar-refractivity contribution in [3.63, 3.8) is 0 Å². The summed E-state index contributed by atoms with van der Waals surface area (Å²) in [6.07, 6.45) is 3.73. The number of benzene rings is 7. The quantitative estimate of drug-likeness (QED) is 0.172. The summed E-state index contributed by atoms with van der Waals surface area (Å²) in [6, 6.07) is 69.4. The summed E-state index contributed by atoms with van der Waals surface area (Å²) in [7, 11) is 0. The molecule has 0 bridgehead atoms. The number of para-hydroxylation sites is 3. The van der Waals surface area contributed by atoms with Crippen LogP contribution in [0, 0.1) is 0 Å². The van der Waals surface area contributed by atoms with E-state index in [-0.39, 0.29) is 0 Å². The molecule has 0 saturated carbocycles. The second kappa shape index (κ2) is 13.1. The number of pyridine rings is 2. The molecule has 11 aromatic rings. The van der Waals surface area contributed by atoms with E-state index in [1.54, 1.807) is 0 Å². The highest BCUT2D eigenvalue weighted by Crippen LogP contribution is 2.39. The van der Waals surface area contributed by atoms with Crippen molar-refractivity contribution < 1.29 is 0 Å². The molecule has 0 spiro atoms. The number of fused-ring (bicyclic) bond motifs is 6. The SMILES string of the molecule is c1ccc(-c2cc(-c3cccnc3)cc(-c3cccc(-n4c5ccccc5c5cc(-c6ccc7c(c6)c6ccccc6n7-c6ccccc6)ccc54)c3)n2)cc1. The average molecular weight is 715 g/mol. The molecule has 56 heavy (non-hydrogen) atoms.